The van der Waals surface area contributed by atoms with Gasteiger partial charge in [-0.15, -0.1) is 0 Å². The molecule has 0 atom stereocenters. The number of carbonyl (C=O) groups excluding carboxylic acids is 3. The summed E-state index contributed by atoms with van der Waals surface area (Å²) < 4.78 is 11.8. The number of hydrazone groups is 1. The highest BCUT2D eigenvalue weighted by Gasteiger charge is 2.14. The molecule has 0 fully saturated rings. The number of aryl methyl sites for hydroxylation is 2. The van der Waals surface area contributed by atoms with Crippen molar-refractivity contribution in [2.75, 3.05) is 23.8 Å². The molecule has 3 aromatic carbocycles. The van der Waals surface area contributed by atoms with Gasteiger partial charge in [-0.3, -0.25) is 14.4 Å². The Morgan fingerprint density at radius 1 is 0.947 bits per heavy atom. The van der Waals surface area contributed by atoms with Crippen LogP contribution in [0.5, 0.6) is 11.5 Å². The molecule has 3 amide bonds. The van der Waals surface area contributed by atoms with E-state index in [9.17, 15) is 14.4 Å². The van der Waals surface area contributed by atoms with Crippen molar-refractivity contribution in [3.05, 3.63) is 94.5 Å². The second-order valence-electron chi connectivity index (χ2n) is 8.06. The molecule has 38 heavy (non-hydrogen) atoms. The highest BCUT2D eigenvalue weighted by atomic mass is 79.9. The normalized spacial score (nSPS) is 10.5. The van der Waals surface area contributed by atoms with Crippen molar-refractivity contribution < 1.29 is 23.9 Å². The number of amides is 3. The highest BCUT2D eigenvalue weighted by molar-refractivity contribution is 9.10. The van der Waals surface area contributed by atoms with Crippen LogP contribution >= 0.6 is 15.9 Å². The maximum absolute atomic E-state index is 12.5. The smallest absolute Gasteiger partial charge is 0.329 e. The molecule has 9 nitrogen and oxygen atoms in total. The fourth-order valence-corrected chi connectivity index (χ4v) is 3.65. The molecule has 3 rings (SSSR count). The van der Waals surface area contributed by atoms with Crippen molar-refractivity contribution in [3.8, 4) is 11.5 Å². The molecule has 0 aliphatic rings. The van der Waals surface area contributed by atoms with Gasteiger partial charge in [0.1, 0.15) is 18.1 Å². The van der Waals surface area contributed by atoms with Crippen LogP contribution in [0.2, 0.25) is 0 Å². The van der Waals surface area contributed by atoms with E-state index < -0.39 is 11.8 Å². The van der Waals surface area contributed by atoms with E-state index in [-0.39, 0.29) is 12.5 Å². The molecule has 3 N–H and O–H groups in total. The van der Waals surface area contributed by atoms with Crippen molar-refractivity contribution in [1.82, 2.24) is 5.43 Å². The van der Waals surface area contributed by atoms with Gasteiger partial charge in [-0.05, 0) is 67.4 Å². The molecule has 0 aliphatic carbocycles. The molecule has 10 heteroatoms. The van der Waals surface area contributed by atoms with Gasteiger partial charge < -0.3 is 20.1 Å². The number of carbonyl (C=O) groups is 3. The summed E-state index contributed by atoms with van der Waals surface area (Å²) in [7, 11) is 0. The molecule has 0 unspecified atom stereocenters. The summed E-state index contributed by atoms with van der Waals surface area (Å²) in [6, 6.07) is 17.4. The Kier molecular flexibility index (Phi) is 10.2. The summed E-state index contributed by atoms with van der Waals surface area (Å²) >= 11 is 3.37. The van der Waals surface area contributed by atoms with Crippen LogP contribution in [0.3, 0.4) is 0 Å². The third-order valence-corrected chi connectivity index (χ3v) is 5.63. The second kappa shape index (κ2) is 13.8. The summed E-state index contributed by atoms with van der Waals surface area (Å²) in [5, 5.41) is 9.20. The summed E-state index contributed by atoms with van der Waals surface area (Å²) in [4.78, 5) is 36.8. The zero-order valence-electron chi connectivity index (χ0n) is 20.9. The number of hydrogen-bond donors (Lipinski definition) is 3. The van der Waals surface area contributed by atoms with Gasteiger partial charge in [0.05, 0.1) is 6.21 Å². The van der Waals surface area contributed by atoms with Crippen LogP contribution in [0.1, 0.15) is 16.7 Å². The van der Waals surface area contributed by atoms with E-state index in [0.29, 0.717) is 29.4 Å². The van der Waals surface area contributed by atoms with Gasteiger partial charge in [0.25, 0.3) is 5.91 Å². The van der Waals surface area contributed by atoms with Gasteiger partial charge in [-0.25, -0.2) is 5.43 Å². The molecule has 0 radical (unpaired) electrons. The van der Waals surface area contributed by atoms with E-state index in [1.54, 1.807) is 48.5 Å². The molecular weight excluding hydrogens is 552 g/mol. The van der Waals surface area contributed by atoms with Crippen molar-refractivity contribution >= 4 is 51.2 Å². The van der Waals surface area contributed by atoms with Gasteiger partial charge >= 0.3 is 11.8 Å². The molecule has 0 aliphatic heterocycles. The predicted molar refractivity (Wildman–Crippen MR) is 151 cm³/mol. The predicted octanol–water partition coefficient (Wildman–Crippen LogP) is 4.74. The highest BCUT2D eigenvalue weighted by Crippen LogP contribution is 2.23. The van der Waals surface area contributed by atoms with Crippen molar-refractivity contribution in [3.63, 3.8) is 0 Å². The number of halogens is 1. The van der Waals surface area contributed by atoms with Crippen LogP contribution in [0.15, 0.2) is 82.9 Å². The first-order valence-corrected chi connectivity index (χ1v) is 12.3. The van der Waals surface area contributed by atoms with Gasteiger partial charge in [0.15, 0.2) is 6.61 Å². The lowest BCUT2D eigenvalue weighted by Crippen LogP contribution is -2.32. The number of anilines is 2. The SMILES string of the molecule is C=CCOc1ccc(NC(=O)C(=O)N/N=C\c2cc(Br)ccc2OCC(=O)Nc2c(C)cccc2C)cc1. The third kappa shape index (κ3) is 8.31. The Bertz CT molecular complexity index is 1340. The molecular formula is C28H27BrN4O5. The summed E-state index contributed by atoms with van der Waals surface area (Å²) in [6.07, 6.45) is 2.94. The molecule has 0 saturated heterocycles. The lowest BCUT2D eigenvalue weighted by atomic mass is 10.1. The summed E-state index contributed by atoms with van der Waals surface area (Å²) in [5.74, 6) is -1.20. The van der Waals surface area contributed by atoms with Crippen LogP contribution in [0.25, 0.3) is 0 Å². The standard InChI is InChI=1S/C28H27BrN4O5/c1-4-14-37-23-11-9-22(10-12-23)31-27(35)28(36)33-30-16-20-15-21(29)8-13-24(20)38-17-25(34)32-26-18(2)6-5-7-19(26)3/h4-13,15-16H,1,14,17H2,2-3H3,(H,31,35)(H,32,34)(H,33,36)/b30-16-. The lowest BCUT2D eigenvalue weighted by Gasteiger charge is -2.13. The first-order chi connectivity index (χ1) is 18.3. The number of benzene rings is 3. The largest absolute Gasteiger partial charge is 0.490 e. The Hall–Kier alpha value is -4.44. The van der Waals surface area contributed by atoms with Crippen LogP contribution < -0.4 is 25.5 Å². The van der Waals surface area contributed by atoms with E-state index in [0.717, 1.165) is 21.3 Å². The minimum Gasteiger partial charge on any atom is -0.490 e. The van der Waals surface area contributed by atoms with E-state index >= 15 is 0 Å². The zero-order chi connectivity index (χ0) is 27.5. The molecule has 0 bridgehead atoms. The molecule has 0 aromatic heterocycles. The maximum Gasteiger partial charge on any atom is 0.329 e. The van der Waals surface area contributed by atoms with Gasteiger partial charge in [-0.2, -0.15) is 5.10 Å². The average molecular weight is 579 g/mol. The second-order valence-corrected chi connectivity index (χ2v) is 8.98. The quantitative estimate of drug-likeness (QED) is 0.139. The Morgan fingerprint density at radius 2 is 1.66 bits per heavy atom. The van der Waals surface area contributed by atoms with Gasteiger partial charge in [0, 0.05) is 21.4 Å². The topological polar surface area (TPSA) is 118 Å². The fourth-order valence-electron chi connectivity index (χ4n) is 3.27. The average Bonchev–Trinajstić information content (AvgIpc) is 2.90. The lowest BCUT2D eigenvalue weighted by molar-refractivity contribution is -0.136. The maximum atomic E-state index is 12.5. The minimum absolute atomic E-state index is 0.234. The van der Waals surface area contributed by atoms with Crippen LogP contribution in [0.4, 0.5) is 11.4 Å². The monoisotopic (exact) mass is 578 g/mol. The van der Waals surface area contributed by atoms with Gasteiger partial charge in [-0.1, -0.05) is 46.8 Å². The first-order valence-electron chi connectivity index (χ1n) is 11.5. The Balaban J connectivity index is 1.56. The minimum atomic E-state index is -0.960. The molecule has 0 spiro atoms. The van der Waals surface area contributed by atoms with Crippen LogP contribution in [-0.4, -0.2) is 37.1 Å². The van der Waals surface area contributed by atoms with E-state index in [1.807, 2.05) is 32.0 Å². The Morgan fingerprint density at radius 3 is 2.34 bits per heavy atom. The van der Waals surface area contributed by atoms with Crippen molar-refractivity contribution in [2.45, 2.75) is 13.8 Å². The summed E-state index contributed by atoms with van der Waals surface area (Å²) in [6.45, 7) is 7.53. The van der Waals surface area contributed by atoms with Crippen LogP contribution in [-0.2, 0) is 14.4 Å². The van der Waals surface area contributed by atoms with E-state index in [1.165, 1.54) is 6.21 Å². The van der Waals surface area contributed by atoms with Crippen molar-refractivity contribution in [2.24, 2.45) is 5.10 Å². The fraction of sp³-hybridized carbons (Fsp3) is 0.143. The zero-order valence-corrected chi connectivity index (χ0v) is 22.5. The number of rotatable bonds is 10. The molecule has 0 saturated carbocycles. The van der Waals surface area contributed by atoms with Gasteiger partial charge in [0.2, 0.25) is 0 Å². The summed E-state index contributed by atoms with van der Waals surface area (Å²) in [5.41, 5.74) is 5.72. The molecule has 0 heterocycles. The van der Waals surface area contributed by atoms with Crippen LogP contribution in [0, 0.1) is 13.8 Å². The third-order valence-electron chi connectivity index (χ3n) is 5.13. The Labute approximate surface area is 229 Å². The number of hydrogen-bond acceptors (Lipinski definition) is 6. The number of ether oxygens (including phenoxy) is 2. The van der Waals surface area contributed by atoms with Crippen molar-refractivity contribution in [1.29, 1.82) is 0 Å². The molecule has 196 valence electrons. The first kappa shape index (κ1) is 28.1. The molecule has 3 aromatic rings. The number of nitrogens with one attached hydrogen (secondary N) is 3. The number of nitrogens with zero attached hydrogens (tertiary/aromatic N) is 1. The van der Waals surface area contributed by atoms with E-state index in [4.69, 9.17) is 9.47 Å². The van der Waals surface area contributed by atoms with E-state index in [2.05, 4.69) is 43.7 Å². The number of para-hydroxylation sites is 1.